The Kier molecular flexibility index (Phi) is 6.38. The van der Waals surface area contributed by atoms with Crippen LogP contribution in [0.15, 0.2) is 12.1 Å². The Hall–Kier alpha value is -1.69. The summed E-state index contributed by atoms with van der Waals surface area (Å²) in [5.74, 6) is 0. The number of hydrogen-bond acceptors (Lipinski definition) is 3. The standard InChI is InChI=1S/C17H27N3/c1-6-7-10-16-14(9-8-11-18)12-15(19(2)3)13-17(16)20(4)5/h12-13H,6-10H2,1-5H3. The van der Waals surface area contributed by atoms with Crippen LogP contribution in [0.25, 0.3) is 0 Å². The molecule has 0 N–H and O–H groups in total. The first-order chi connectivity index (χ1) is 9.51. The van der Waals surface area contributed by atoms with Crippen LogP contribution < -0.4 is 9.80 Å². The molecule has 0 fully saturated rings. The molecular weight excluding hydrogens is 246 g/mol. The lowest BCUT2D eigenvalue weighted by molar-refractivity contribution is 0.782. The van der Waals surface area contributed by atoms with Gasteiger partial charge in [0.2, 0.25) is 0 Å². The molecule has 1 aromatic rings. The van der Waals surface area contributed by atoms with E-state index in [4.69, 9.17) is 5.26 Å². The number of anilines is 2. The average Bonchev–Trinajstić information content (AvgIpc) is 2.42. The summed E-state index contributed by atoms with van der Waals surface area (Å²) in [4.78, 5) is 4.32. The van der Waals surface area contributed by atoms with Crippen molar-refractivity contribution in [2.24, 2.45) is 0 Å². The normalized spacial score (nSPS) is 10.2. The summed E-state index contributed by atoms with van der Waals surface area (Å²) >= 11 is 0. The molecule has 0 saturated heterocycles. The van der Waals surface area contributed by atoms with Crippen molar-refractivity contribution >= 4 is 11.4 Å². The third kappa shape index (κ3) is 4.16. The van der Waals surface area contributed by atoms with E-state index in [0.29, 0.717) is 6.42 Å². The maximum atomic E-state index is 8.88. The first-order valence-electron chi connectivity index (χ1n) is 7.38. The van der Waals surface area contributed by atoms with Crippen LogP contribution in [0.4, 0.5) is 11.4 Å². The number of aryl methyl sites for hydroxylation is 1. The number of nitriles is 1. The molecule has 0 aromatic heterocycles. The van der Waals surface area contributed by atoms with E-state index >= 15 is 0 Å². The number of nitrogens with zero attached hydrogens (tertiary/aromatic N) is 3. The Bertz CT molecular complexity index is 470. The van der Waals surface area contributed by atoms with Crippen LogP contribution in [0.5, 0.6) is 0 Å². The summed E-state index contributed by atoms with van der Waals surface area (Å²) in [5, 5.41) is 8.88. The highest BCUT2D eigenvalue weighted by Crippen LogP contribution is 2.31. The Labute approximate surface area is 123 Å². The molecule has 0 aliphatic heterocycles. The molecular formula is C17H27N3. The molecule has 110 valence electrons. The fourth-order valence-corrected chi connectivity index (χ4v) is 2.41. The highest BCUT2D eigenvalue weighted by molar-refractivity contribution is 5.66. The second-order valence-electron chi connectivity index (χ2n) is 5.65. The van der Waals surface area contributed by atoms with E-state index in [2.05, 4.69) is 63.1 Å². The minimum Gasteiger partial charge on any atom is -0.378 e. The zero-order valence-electron chi connectivity index (χ0n) is 13.5. The highest BCUT2D eigenvalue weighted by atomic mass is 15.1. The van der Waals surface area contributed by atoms with Crippen molar-refractivity contribution in [1.82, 2.24) is 0 Å². The van der Waals surface area contributed by atoms with Crippen LogP contribution in [-0.4, -0.2) is 28.2 Å². The number of unbranched alkanes of at least 4 members (excludes halogenated alkanes) is 1. The Morgan fingerprint density at radius 1 is 1.05 bits per heavy atom. The molecule has 3 heteroatoms. The van der Waals surface area contributed by atoms with Crippen LogP contribution in [0.3, 0.4) is 0 Å². The molecule has 0 unspecified atom stereocenters. The summed E-state index contributed by atoms with van der Waals surface area (Å²) in [6.45, 7) is 2.22. The number of benzene rings is 1. The van der Waals surface area contributed by atoms with E-state index in [-0.39, 0.29) is 0 Å². The SMILES string of the molecule is CCCCc1c(CCC#N)cc(N(C)C)cc1N(C)C. The zero-order chi connectivity index (χ0) is 15.1. The Morgan fingerprint density at radius 2 is 1.75 bits per heavy atom. The molecule has 0 aliphatic carbocycles. The molecule has 3 nitrogen and oxygen atoms in total. The van der Waals surface area contributed by atoms with Crippen molar-refractivity contribution in [2.45, 2.75) is 39.0 Å². The van der Waals surface area contributed by atoms with Crippen molar-refractivity contribution in [3.05, 3.63) is 23.3 Å². The van der Waals surface area contributed by atoms with E-state index in [1.807, 2.05) is 0 Å². The second kappa shape index (κ2) is 7.79. The molecule has 0 saturated carbocycles. The third-order valence-electron chi connectivity index (χ3n) is 3.59. The quantitative estimate of drug-likeness (QED) is 0.760. The molecule has 0 heterocycles. The van der Waals surface area contributed by atoms with Gasteiger partial charge in [-0.2, -0.15) is 5.26 Å². The largest absolute Gasteiger partial charge is 0.378 e. The monoisotopic (exact) mass is 273 g/mol. The fraction of sp³-hybridized carbons (Fsp3) is 0.588. The van der Waals surface area contributed by atoms with Crippen LogP contribution >= 0.6 is 0 Å². The van der Waals surface area contributed by atoms with Crippen LogP contribution in [-0.2, 0) is 12.8 Å². The van der Waals surface area contributed by atoms with Crippen LogP contribution in [0.1, 0.15) is 37.3 Å². The average molecular weight is 273 g/mol. The van der Waals surface area contributed by atoms with Gasteiger partial charge in [-0.1, -0.05) is 13.3 Å². The van der Waals surface area contributed by atoms with Gasteiger partial charge in [-0.15, -0.1) is 0 Å². The predicted molar refractivity (Wildman–Crippen MR) is 87.6 cm³/mol. The van der Waals surface area contributed by atoms with Crippen LogP contribution in [0.2, 0.25) is 0 Å². The number of hydrogen-bond donors (Lipinski definition) is 0. The lowest BCUT2D eigenvalue weighted by Gasteiger charge is -2.24. The van der Waals surface area contributed by atoms with Gasteiger partial charge in [0.25, 0.3) is 0 Å². The van der Waals surface area contributed by atoms with Crippen molar-refractivity contribution in [3.8, 4) is 6.07 Å². The molecule has 1 aromatic carbocycles. The van der Waals surface area contributed by atoms with Gasteiger partial charge in [-0.05, 0) is 42.5 Å². The summed E-state index contributed by atoms with van der Waals surface area (Å²) in [6, 6.07) is 6.77. The lowest BCUT2D eigenvalue weighted by Crippen LogP contribution is -2.16. The maximum absolute atomic E-state index is 8.88. The molecule has 0 bridgehead atoms. The Morgan fingerprint density at radius 3 is 2.25 bits per heavy atom. The summed E-state index contributed by atoms with van der Waals surface area (Å²) in [7, 11) is 8.32. The van der Waals surface area contributed by atoms with Gasteiger partial charge in [0.05, 0.1) is 6.07 Å². The molecule has 0 spiro atoms. The molecule has 0 radical (unpaired) electrons. The Balaban J connectivity index is 3.29. The molecule has 0 atom stereocenters. The molecule has 0 amide bonds. The molecule has 20 heavy (non-hydrogen) atoms. The lowest BCUT2D eigenvalue weighted by atomic mass is 9.95. The summed E-state index contributed by atoms with van der Waals surface area (Å²) < 4.78 is 0. The van der Waals surface area contributed by atoms with Crippen molar-refractivity contribution in [1.29, 1.82) is 5.26 Å². The first-order valence-corrected chi connectivity index (χ1v) is 7.38. The second-order valence-corrected chi connectivity index (χ2v) is 5.65. The molecule has 0 aliphatic rings. The highest BCUT2D eigenvalue weighted by Gasteiger charge is 2.13. The molecule has 1 rings (SSSR count). The van der Waals surface area contributed by atoms with E-state index in [9.17, 15) is 0 Å². The van der Waals surface area contributed by atoms with Gasteiger partial charge in [0, 0.05) is 46.0 Å². The third-order valence-corrected chi connectivity index (χ3v) is 3.59. The van der Waals surface area contributed by atoms with E-state index in [0.717, 1.165) is 12.8 Å². The number of rotatable bonds is 7. The van der Waals surface area contributed by atoms with Gasteiger partial charge in [0.1, 0.15) is 0 Å². The minimum absolute atomic E-state index is 0.586. The smallest absolute Gasteiger partial charge is 0.0625 e. The van der Waals surface area contributed by atoms with E-state index in [1.54, 1.807) is 0 Å². The minimum atomic E-state index is 0.586. The van der Waals surface area contributed by atoms with Gasteiger partial charge < -0.3 is 9.80 Å². The summed E-state index contributed by atoms with van der Waals surface area (Å²) in [5.41, 5.74) is 5.24. The van der Waals surface area contributed by atoms with Crippen molar-refractivity contribution in [3.63, 3.8) is 0 Å². The van der Waals surface area contributed by atoms with Crippen molar-refractivity contribution < 1.29 is 0 Å². The topological polar surface area (TPSA) is 30.3 Å². The van der Waals surface area contributed by atoms with E-state index in [1.165, 1.54) is 35.3 Å². The van der Waals surface area contributed by atoms with Crippen LogP contribution in [0, 0.1) is 11.3 Å². The van der Waals surface area contributed by atoms with Crippen molar-refractivity contribution in [2.75, 3.05) is 38.0 Å². The van der Waals surface area contributed by atoms with Gasteiger partial charge in [-0.25, -0.2) is 0 Å². The summed E-state index contributed by atoms with van der Waals surface area (Å²) in [6.07, 6.45) is 4.92. The van der Waals surface area contributed by atoms with E-state index < -0.39 is 0 Å². The first kappa shape index (κ1) is 16.4. The van der Waals surface area contributed by atoms with Gasteiger partial charge in [0.15, 0.2) is 0 Å². The fourth-order valence-electron chi connectivity index (χ4n) is 2.41. The van der Waals surface area contributed by atoms with Gasteiger partial charge in [-0.3, -0.25) is 0 Å². The zero-order valence-corrected chi connectivity index (χ0v) is 13.5. The maximum Gasteiger partial charge on any atom is 0.0625 e. The predicted octanol–water partition coefficient (Wildman–Crippen LogP) is 3.62. The van der Waals surface area contributed by atoms with Gasteiger partial charge >= 0.3 is 0 Å².